The Kier molecular flexibility index (Phi) is 6.98. The Balaban J connectivity index is 1.78. The number of carbonyl (C=O) groups excluding carboxylic acids is 1. The second-order valence-corrected chi connectivity index (χ2v) is 8.01. The molecule has 6 heteroatoms. The number of amidine groups is 1. The van der Waals surface area contributed by atoms with Crippen LogP contribution in [-0.2, 0) is 11.3 Å². The lowest BCUT2D eigenvalue weighted by molar-refractivity contribution is -0.126. The highest BCUT2D eigenvalue weighted by Crippen LogP contribution is 2.32. The first kappa shape index (κ1) is 20.3. The fraction of sp³-hybridized carbons (Fsp3) is 0.318. The van der Waals surface area contributed by atoms with Gasteiger partial charge in [0.05, 0.1) is 18.0 Å². The maximum absolute atomic E-state index is 13.2. The Morgan fingerprint density at radius 2 is 1.86 bits per heavy atom. The maximum atomic E-state index is 13.2. The van der Waals surface area contributed by atoms with E-state index in [4.69, 9.17) is 0 Å². The molecule has 3 rings (SSSR count). The van der Waals surface area contributed by atoms with Gasteiger partial charge in [-0.15, -0.1) is 5.10 Å². The molecule has 0 radical (unpaired) electrons. The molecule has 2 aromatic carbocycles. The monoisotopic (exact) mass is 397 g/mol. The number of carbonyl (C=O) groups is 1. The van der Waals surface area contributed by atoms with Crippen LogP contribution < -0.4 is 0 Å². The summed E-state index contributed by atoms with van der Waals surface area (Å²) in [6.45, 7) is 4.51. The Bertz CT molecular complexity index is 862. The fourth-order valence-corrected chi connectivity index (χ4v) is 4.02. The van der Waals surface area contributed by atoms with Crippen molar-refractivity contribution in [2.75, 3.05) is 0 Å². The highest BCUT2D eigenvalue weighted by Gasteiger charge is 2.37. The lowest BCUT2D eigenvalue weighted by atomic mass is 10.1. The molecule has 1 aliphatic heterocycles. The summed E-state index contributed by atoms with van der Waals surface area (Å²) in [6, 6.07) is 14.2. The number of amides is 1. The van der Waals surface area contributed by atoms with Crippen molar-refractivity contribution in [3.05, 3.63) is 71.0 Å². The van der Waals surface area contributed by atoms with Crippen molar-refractivity contribution >= 4 is 29.1 Å². The van der Waals surface area contributed by atoms with Crippen molar-refractivity contribution in [3.63, 3.8) is 0 Å². The molecule has 1 aliphatic rings. The molecule has 146 valence electrons. The molecule has 0 bridgehead atoms. The van der Waals surface area contributed by atoms with Gasteiger partial charge >= 0.3 is 0 Å². The maximum Gasteiger partial charge on any atom is 0.242 e. The van der Waals surface area contributed by atoms with E-state index < -0.39 is 0 Å². The van der Waals surface area contributed by atoms with Crippen molar-refractivity contribution in [3.8, 4) is 0 Å². The number of hydrogen-bond acceptors (Lipinski definition) is 4. The van der Waals surface area contributed by atoms with Crippen LogP contribution >= 0.6 is 11.8 Å². The topological polar surface area (TPSA) is 45.0 Å². The third-order valence-corrected chi connectivity index (χ3v) is 5.76. The predicted molar refractivity (Wildman–Crippen MR) is 114 cm³/mol. The minimum atomic E-state index is -0.289. The zero-order valence-corrected chi connectivity index (χ0v) is 17.0. The molecule has 1 fully saturated rings. The number of halogens is 1. The third kappa shape index (κ3) is 5.29. The van der Waals surface area contributed by atoms with Crippen molar-refractivity contribution < 1.29 is 9.18 Å². The van der Waals surface area contributed by atoms with Crippen LogP contribution in [0.3, 0.4) is 0 Å². The number of thioether (sulfide) groups is 1. The summed E-state index contributed by atoms with van der Waals surface area (Å²) in [6.07, 6.45) is 4.54. The lowest BCUT2D eigenvalue weighted by Gasteiger charge is -2.15. The van der Waals surface area contributed by atoms with Crippen LogP contribution in [-0.4, -0.2) is 27.4 Å². The van der Waals surface area contributed by atoms with E-state index in [-0.39, 0.29) is 17.0 Å². The zero-order valence-electron chi connectivity index (χ0n) is 16.1. The van der Waals surface area contributed by atoms with Gasteiger partial charge in [-0.2, -0.15) is 5.10 Å². The summed E-state index contributed by atoms with van der Waals surface area (Å²) < 4.78 is 13.2. The molecule has 2 aromatic rings. The quantitative estimate of drug-likeness (QED) is 0.479. The molecule has 1 atom stereocenters. The largest absolute Gasteiger partial charge is 0.284 e. The lowest BCUT2D eigenvalue weighted by Crippen LogP contribution is -2.31. The summed E-state index contributed by atoms with van der Waals surface area (Å²) in [5.41, 5.74) is 3.00. The van der Waals surface area contributed by atoms with E-state index in [1.807, 2.05) is 31.2 Å². The molecule has 0 saturated carbocycles. The number of benzene rings is 2. The van der Waals surface area contributed by atoms with Gasteiger partial charge in [0, 0.05) is 0 Å². The summed E-state index contributed by atoms with van der Waals surface area (Å²) in [5.74, 6) is -0.240. The summed E-state index contributed by atoms with van der Waals surface area (Å²) in [7, 11) is 0. The van der Waals surface area contributed by atoms with Crippen LogP contribution in [0.15, 0.2) is 58.7 Å². The summed E-state index contributed by atoms with van der Waals surface area (Å²) in [4.78, 5) is 14.5. The van der Waals surface area contributed by atoms with Gasteiger partial charge in [-0.25, -0.2) is 4.39 Å². The predicted octanol–water partition coefficient (Wildman–Crippen LogP) is 5.16. The first-order valence-corrected chi connectivity index (χ1v) is 10.3. The Labute approximate surface area is 169 Å². The van der Waals surface area contributed by atoms with Gasteiger partial charge < -0.3 is 0 Å². The molecule has 1 saturated heterocycles. The average Bonchev–Trinajstić information content (AvgIpc) is 2.98. The average molecular weight is 398 g/mol. The molecule has 0 unspecified atom stereocenters. The second kappa shape index (κ2) is 9.64. The third-order valence-electron chi connectivity index (χ3n) is 4.52. The molecule has 28 heavy (non-hydrogen) atoms. The number of aryl methyl sites for hydroxylation is 1. The van der Waals surface area contributed by atoms with E-state index in [2.05, 4.69) is 17.1 Å². The molecular formula is C22H24FN3OS. The number of hydrogen-bond donors (Lipinski definition) is 0. The molecule has 0 aromatic heterocycles. The number of rotatable bonds is 7. The van der Waals surface area contributed by atoms with Crippen LogP contribution in [0.25, 0.3) is 0 Å². The SMILES string of the molecule is CCCC[C@H]1S/C(=N/N=C\c2ccc(C)cc2)N(Cc2ccc(F)cc2)C1=O. The van der Waals surface area contributed by atoms with E-state index in [0.29, 0.717) is 11.7 Å². The molecule has 4 nitrogen and oxygen atoms in total. The van der Waals surface area contributed by atoms with Gasteiger partial charge in [0.2, 0.25) is 5.91 Å². The highest BCUT2D eigenvalue weighted by molar-refractivity contribution is 8.15. The zero-order chi connectivity index (χ0) is 19.9. The second-order valence-electron chi connectivity index (χ2n) is 6.84. The van der Waals surface area contributed by atoms with Gasteiger partial charge in [0.1, 0.15) is 5.82 Å². The van der Waals surface area contributed by atoms with E-state index in [1.165, 1.54) is 29.5 Å². The molecule has 0 N–H and O–H groups in total. The Morgan fingerprint density at radius 3 is 2.54 bits per heavy atom. The van der Waals surface area contributed by atoms with Gasteiger partial charge in [-0.05, 0) is 36.6 Å². The summed E-state index contributed by atoms with van der Waals surface area (Å²) >= 11 is 1.47. The van der Waals surface area contributed by atoms with E-state index in [1.54, 1.807) is 23.2 Å². The molecule has 1 heterocycles. The fourth-order valence-electron chi connectivity index (χ4n) is 2.87. The van der Waals surface area contributed by atoms with Gasteiger partial charge in [-0.1, -0.05) is 73.5 Å². The Hall–Kier alpha value is -2.47. The molecule has 1 amide bonds. The van der Waals surface area contributed by atoms with E-state index >= 15 is 0 Å². The minimum absolute atomic E-state index is 0.0482. The van der Waals surface area contributed by atoms with Gasteiger partial charge in [-0.3, -0.25) is 9.69 Å². The van der Waals surface area contributed by atoms with Crippen LogP contribution in [0.2, 0.25) is 0 Å². The summed E-state index contributed by atoms with van der Waals surface area (Å²) in [5, 5.41) is 8.99. The van der Waals surface area contributed by atoms with Crippen molar-refractivity contribution in [2.24, 2.45) is 10.2 Å². The normalized spacial score (nSPS) is 18.5. The minimum Gasteiger partial charge on any atom is -0.284 e. The molecule has 0 spiro atoms. The first-order chi connectivity index (χ1) is 13.6. The smallest absolute Gasteiger partial charge is 0.242 e. The standard InChI is InChI=1S/C22H24FN3OS/c1-3-4-5-20-21(27)26(15-18-10-12-19(23)13-11-18)22(28-20)25-24-14-17-8-6-16(2)7-9-17/h6-14,20H,3-5,15H2,1-2H3/b24-14-,25-22+/t20-/m1/s1. The van der Waals surface area contributed by atoms with Crippen molar-refractivity contribution in [1.29, 1.82) is 0 Å². The van der Waals surface area contributed by atoms with Crippen LogP contribution in [0.4, 0.5) is 4.39 Å². The first-order valence-electron chi connectivity index (χ1n) is 9.47. The van der Waals surface area contributed by atoms with E-state index in [0.717, 1.165) is 30.4 Å². The van der Waals surface area contributed by atoms with Crippen LogP contribution in [0, 0.1) is 12.7 Å². The Morgan fingerprint density at radius 1 is 1.14 bits per heavy atom. The van der Waals surface area contributed by atoms with Crippen molar-refractivity contribution in [1.82, 2.24) is 4.90 Å². The van der Waals surface area contributed by atoms with Gasteiger partial charge in [0.25, 0.3) is 0 Å². The molecular weight excluding hydrogens is 373 g/mol. The van der Waals surface area contributed by atoms with Crippen molar-refractivity contribution in [2.45, 2.75) is 44.9 Å². The van der Waals surface area contributed by atoms with Crippen LogP contribution in [0.1, 0.15) is 42.9 Å². The number of nitrogens with zero attached hydrogens (tertiary/aromatic N) is 3. The molecule has 0 aliphatic carbocycles. The highest BCUT2D eigenvalue weighted by atomic mass is 32.2. The number of unbranched alkanes of at least 4 members (excludes halogenated alkanes) is 1. The van der Waals surface area contributed by atoms with Crippen LogP contribution in [0.5, 0.6) is 0 Å². The van der Waals surface area contributed by atoms with E-state index in [9.17, 15) is 9.18 Å². The van der Waals surface area contributed by atoms with Gasteiger partial charge in [0.15, 0.2) is 5.17 Å².